The molecule has 0 bridgehead atoms. The lowest BCUT2D eigenvalue weighted by Gasteiger charge is -2.25. The minimum absolute atomic E-state index is 0.0159. The van der Waals surface area contributed by atoms with Gasteiger partial charge in [-0.15, -0.1) is 0 Å². The van der Waals surface area contributed by atoms with E-state index in [1.165, 1.54) is 0 Å². The SMILES string of the molecule is COCCOCCOCCOCCOCCOCCOCCOCCOCCOCCOCCOCCN(CCCOCCOCCOCCOCCOCCOCCOCCOCCOCCOCCOCCO)c1cccc(OCc2ccccc2)c1. The minimum Gasteiger partial charge on any atom is -0.489 e. The Kier molecular flexibility index (Phi) is 65.5. The maximum atomic E-state index is 8.64. The molecule has 0 unspecified atom stereocenters. The third kappa shape index (κ3) is 61.0. The van der Waals surface area contributed by atoms with Gasteiger partial charge in [0.15, 0.2) is 0 Å². The molecule has 0 aromatic heterocycles. The normalized spacial score (nSPS) is 11.6. The van der Waals surface area contributed by atoms with Gasteiger partial charge in [-0.05, 0) is 24.1 Å². The molecule has 0 aliphatic carbocycles. The summed E-state index contributed by atoms with van der Waals surface area (Å²) < 4.78 is 133. The summed E-state index contributed by atoms with van der Waals surface area (Å²) in [7, 11) is 1.64. The Labute approximate surface area is 530 Å². The molecular formula is C63H113NO25. The number of benzene rings is 2. The minimum atomic E-state index is 0.0159. The highest BCUT2D eigenvalue weighted by Crippen LogP contribution is 2.22. The third-order valence-electron chi connectivity index (χ3n) is 11.8. The van der Waals surface area contributed by atoms with E-state index in [2.05, 4.69) is 29.2 Å². The lowest BCUT2D eigenvalue weighted by atomic mass is 10.2. The predicted molar refractivity (Wildman–Crippen MR) is 331 cm³/mol. The fraction of sp³-hybridized carbons (Fsp3) is 0.810. The zero-order valence-corrected chi connectivity index (χ0v) is 53.7. The van der Waals surface area contributed by atoms with E-state index in [1.807, 2.05) is 30.3 Å². The predicted octanol–water partition coefficient (Wildman–Crippen LogP) is 3.47. The average molecular weight is 1280 g/mol. The van der Waals surface area contributed by atoms with Gasteiger partial charge in [0.05, 0.1) is 297 Å². The average Bonchev–Trinajstić information content (AvgIpc) is 3.76. The summed E-state index contributed by atoms with van der Waals surface area (Å²) in [6, 6.07) is 18.3. The Morgan fingerprint density at radius 1 is 0.270 bits per heavy atom. The van der Waals surface area contributed by atoms with Crippen LogP contribution in [0.3, 0.4) is 0 Å². The molecule has 0 saturated carbocycles. The highest BCUT2D eigenvalue weighted by atomic mass is 16.6. The molecule has 0 atom stereocenters. The summed E-state index contributed by atoms with van der Waals surface area (Å²) in [6.07, 6.45) is 0.824. The van der Waals surface area contributed by atoms with Crippen LogP contribution < -0.4 is 9.64 Å². The van der Waals surface area contributed by atoms with Crippen molar-refractivity contribution in [3.05, 3.63) is 60.2 Å². The number of ether oxygens (including phenoxy) is 24. The maximum absolute atomic E-state index is 8.64. The molecule has 89 heavy (non-hydrogen) atoms. The van der Waals surface area contributed by atoms with Crippen molar-refractivity contribution in [2.24, 2.45) is 0 Å². The van der Waals surface area contributed by atoms with Crippen LogP contribution in [-0.2, 0) is 116 Å². The van der Waals surface area contributed by atoms with Crippen molar-refractivity contribution in [2.45, 2.75) is 13.0 Å². The van der Waals surface area contributed by atoms with E-state index < -0.39 is 0 Å². The first kappa shape index (κ1) is 82.2. The number of hydrogen-bond acceptors (Lipinski definition) is 26. The Hall–Kier alpha value is -2.92. The van der Waals surface area contributed by atoms with Gasteiger partial charge in [-0.25, -0.2) is 0 Å². The van der Waals surface area contributed by atoms with E-state index in [4.69, 9.17) is 119 Å². The molecule has 2 rings (SSSR count). The van der Waals surface area contributed by atoms with Gasteiger partial charge in [-0.2, -0.15) is 0 Å². The van der Waals surface area contributed by atoms with Gasteiger partial charge in [0.2, 0.25) is 0 Å². The molecule has 0 amide bonds. The number of nitrogens with zero attached hydrogens (tertiary/aromatic N) is 1. The lowest BCUT2D eigenvalue weighted by Crippen LogP contribution is -2.29. The number of aliphatic hydroxyl groups is 1. The molecule has 2 aromatic rings. The van der Waals surface area contributed by atoms with E-state index in [-0.39, 0.29) is 6.61 Å². The molecule has 0 radical (unpaired) electrons. The number of hydrogen-bond donors (Lipinski definition) is 1. The molecule has 520 valence electrons. The van der Waals surface area contributed by atoms with Crippen molar-refractivity contribution in [2.75, 3.05) is 329 Å². The van der Waals surface area contributed by atoms with Crippen molar-refractivity contribution >= 4 is 5.69 Å². The summed E-state index contributed by atoms with van der Waals surface area (Å²) in [5.41, 5.74) is 2.16. The summed E-state index contributed by atoms with van der Waals surface area (Å²) in [5.74, 6) is 0.806. The lowest BCUT2D eigenvalue weighted by molar-refractivity contribution is -0.0279. The fourth-order valence-electron chi connectivity index (χ4n) is 7.22. The van der Waals surface area contributed by atoms with E-state index in [0.29, 0.717) is 310 Å². The number of anilines is 1. The fourth-order valence-corrected chi connectivity index (χ4v) is 7.22. The van der Waals surface area contributed by atoms with Crippen LogP contribution >= 0.6 is 0 Å². The Morgan fingerprint density at radius 3 is 0.831 bits per heavy atom. The van der Waals surface area contributed by atoms with Crippen LogP contribution in [0.4, 0.5) is 5.69 Å². The van der Waals surface area contributed by atoms with Gasteiger partial charge in [-0.1, -0.05) is 36.4 Å². The van der Waals surface area contributed by atoms with Crippen molar-refractivity contribution in [1.82, 2.24) is 0 Å². The first-order chi connectivity index (χ1) is 44.3. The Bertz CT molecular complexity index is 1580. The van der Waals surface area contributed by atoms with Crippen molar-refractivity contribution < 1.29 is 119 Å². The molecular weight excluding hydrogens is 1170 g/mol. The Balaban J connectivity index is 1.36. The topological polar surface area (TPSA) is 245 Å². The smallest absolute Gasteiger partial charge is 0.121 e. The van der Waals surface area contributed by atoms with Gasteiger partial charge in [0.25, 0.3) is 0 Å². The molecule has 0 fully saturated rings. The second-order valence-corrected chi connectivity index (χ2v) is 18.8. The molecule has 0 aliphatic rings. The van der Waals surface area contributed by atoms with Gasteiger partial charge < -0.3 is 124 Å². The number of rotatable bonds is 76. The summed E-state index contributed by atoms with van der Waals surface area (Å²) in [6.45, 7) is 24.2. The van der Waals surface area contributed by atoms with Crippen LogP contribution in [-0.4, -0.2) is 329 Å². The van der Waals surface area contributed by atoms with E-state index >= 15 is 0 Å². The summed E-state index contributed by atoms with van der Waals surface area (Å²) in [5, 5.41) is 8.64. The third-order valence-corrected chi connectivity index (χ3v) is 11.8. The maximum Gasteiger partial charge on any atom is 0.121 e. The van der Waals surface area contributed by atoms with Gasteiger partial charge in [-0.3, -0.25) is 0 Å². The second-order valence-electron chi connectivity index (χ2n) is 18.8. The standard InChI is InChI=1S/C63H113NO25/c1-66-17-18-70-25-26-74-33-34-78-41-42-82-49-50-86-57-58-88-55-52-84-47-44-80-39-36-76-31-28-72-23-20-68-15-12-64(62-9-5-10-63(59-62)89-60-61-7-3-2-4-8-61)11-6-14-67-19-22-71-27-30-75-35-38-79-43-46-83-51-54-87-56-53-85-48-45-81-40-37-77-32-29-73-24-21-69-16-13-65/h2-5,7-10,59,65H,6,11-58,60H2,1H3. The molecule has 0 heterocycles. The number of aliphatic hydroxyl groups excluding tert-OH is 1. The first-order valence-corrected chi connectivity index (χ1v) is 31.6. The molecule has 0 spiro atoms. The van der Waals surface area contributed by atoms with Crippen LogP contribution in [0.15, 0.2) is 54.6 Å². The van der Waals surface area contributed by atoms with Crippen LogP contribution in [0, 0.1) is 0 Å². The highest BCUT2D eigenvalue weighted by molar-refractivity contribution is 5.50. The molecule has 2 aromatic carbocycles. The van der Waals surface area contributed by atoms with Gasteiger partial charge >= 0.3 is 0 Å². The van der Waals surface area contributed by atoms with Crippen molar-refractivity contribution in [3.63, 3.8) is 0 Å². The molecule has 26 heteroatoms. The van der Waals surface area contributed by atoms with E-state index in [9.17, 15) is 0 Å². The zero-order chi connectivity index (χ0) is 63.0. The summed E-state index contributed by atoms with van der Waals surface area (Å²) in [4.78, 5) is 2.29. The van der Waals surface area contributed by atoms with Gasteiger partial charge in [0, 0.05) is 38.6 Å². The Morgan fingerprint density at radius 2 is 0.539 bits per heavy atom. The molecule has 1 N–H and O–H groups in total. The second kappa shape index (κ2) is 70.9. The molecule has 0 aliphatic heterocycles. The monoisotopic (exact) mass is 1280 g/mol. The van der Waals surface area contributed by atoms with Gasteiger partial charge in [0.1, 0.15) is 12.4 Å². The zero-order valence-electron chi connectivity index (χ0n) is 53.7. The van der Waals surface area contributed by atoms with E-state index in [1.54, 1.807) is 7.11 Å². The molecule has 26 nitrogen and oxygen atoms in total. The van der Waals surface area contributed by atoms with Crippen LogP contribution in [0.25, 0.3) is 0 Å². The van der Waals surface area contributed by atoms with Crippen molar-refractivity contribution in [3.8, 4) is 5.75 Å². The van der Waals surface area contributed by atoms with Crippen LogP contribution in [0.2, 0.25) is 0 Å². The highest BCUT2D eigenvalue weighted by Gasteiger charge is 2.10. The van der Waals surface area contributed by atoms with Crippen LogP contribution in [0.1, 0.15) is 12.0 Å². The quantitative estimate of drug-likeness (QED) is 0.0932. The number of methoxy groups -OCH3 is 1. The summed E-state index contributed by atoms with van der Waals surface area (Å²) >= 11 is 0. The van der Waals surface area contributed by atoms with E-state index in [0.717, 1.165) is 30.0 Å². The first-order valence-electron chi connectivity index (χ1n) is 31.6. The molecule has 0 saturated heterocycles. The van der Waals surface area contributed by atoms with Crippen molar-refractivity contribution in [1.29, 1.82) is 0 Å². The largest absolute Gasteiger partial charge is 0.489 e. The van der Waals surface area contributed by atoms with Crippen LogP contribution in [0.5, 0.6) is 5.75 Å².